The van der Waals surface area contributed by atoms with Crippen molar-refractivity contribution in [2.24, 2.45) is 0 Å². The number of benzene rings is 2. The first-order valence-corrected chi connectivity index (χ1v) is 10.7. The van der Waals surface area contributed by atoms with E-state index in [2.05, 4.69) is 45.9 Å². The van der Waals surface area contributed by atoms with Crippen LogP contribution in [0, 0.1) is 0 Å². The predicted molar refractivity (Wildman–Crippen MR) is 115 cm³/mol. The minimum Gasteiger partial charge on any atom is -0.371 e. The zero-order chi connectivity index (χ0) is 20.8. The first-order chi connectivity index (χ1) is 14.7. The lowest BCUT2D eigenvalue weighted by Gasteiger charge is -2.32. The van der Waals surface area contributed by atoms with Crippen molar-refractivity contribution in [3.63, 3.8) is 0 Å². The molecule has 1 saturated heterocycles. The third kappa shape index (κ3) is 5.26. The highest BCUT2D eigenvalue weighted by Crippen LogP contribution is 2.26. The van der Waals surface area contributed by atoms with E-state index in [0.717, 1.165) is 44.5 Å². The van der Waals surface area contributed by atoms with Gasteiger partial charge < -0.3 is 15.4 Å². The van der Waals surface area contributed by atoms with E-state index in [-0.39, 0.29) is 12.1 Å². The second-order valence-electron chi connectivity index (χ2n) is 8.03. The molecule has 4 rings (SSSR count). The standard InChI is InChI=1S/C24H29N3O3/c28-23(25-16-22-21-9-5-4-8-19(21)12-15-30-22)24(29)26-20-10-13-27(14-11-20)17-18-6-2-1-3-7-18/h1-9,20,22H,10-17H2,(H,25,28)(H,26,29). The molecule has 30 heavy (non-hydrogen) atoms. The van der Waals surface area contributed by atoms with Crippen LogP contribution >= 0.6 is 0 Å². The molecule has 0 aromatic heterocycles. The minimum absolute atomic E-state index is 0.0435. The molecular weight excluding hydrogens is 378 g/mol. The SMILES string of the molecule is O=C(NCC1OCCc2ccccc21)C(=O)NC1CCN(Cc2ccccc2)CC1. The Labute approximate surface area is 177 Å². The molecule has 2 aromatic carbocycles. The van der Waals surface area contributed by atoms with Gasteiger partial charge in [0.2, 0.25) is 0 Å². The normalized spacial score (nSPS) is 19.7. The number of piperidine rings is 1. The monoisotopic (exact) mass is 407 g/mol. The van der Waals surface area contributed by atoms with E-state index < -0.39 is 11.8 Å². The Morgan fingerprint density at radius 2 is 1.70 bits per heavy atom. The van der Waals surface area contributed by atoms with E-state index in [0.29, 0.717) is 13.2 Å². The molecule has 6 nitrogen and oxygen atoms in total. The maximum atomic E-state index is 12.3. The molecule has 0 bridgehead atoms. The lowest BCUT2D eigenvalue weighted by Crippen LogP contribution is -2.49. The van der Waals surface area contributed by atoms with Crippen LogP contribution in [0.5, 0.6) is 0 Å². The number of hydrogen-bond donors (Lipinski definition) is 2. The molecule has 1 unspecified atom stereocenters. The minimum atomic E-state index is -0.589. The molecule has 1 fully saturated rings. The highest BCUT2D eigenvalue weighted by atomic mass is 16.5. The zero-order valence-electron chi connectivity index (χ0n) is 17.2. The van der Waals surface area contributed by atoms with E-state index in [1.165, 1.54) is 11.1 Å². The fraction of sp³-hybridized carbons (Fsp3) is 0.417. The summed E-state index contributed by atoms with van der Waals surface area (Å²) in [6.07, 6.45) is 2.38. The van der Waals surface area contributed by atoms with Gasteiger partial charge in [0, 0.05) is 32.2 Å². The molecule has 0 aliphatic carbocycles. The van der Waals surface area contributed by atoms with Crippen LogP contribution < -0.4 is 10.6 Å². The van der Waals surface area contributed by atoms with Crippen LogP contribution in [0.15, 0.2) is 54.6 Å². The molecule has 2 aliphatic heterocycles. The van der Waals surface area contributed by atoms with Gasteiger partial charge >= 0.3 is 11.8 Å². The summed E-state index contributed by atoms with van der Waals surface area (Å²) in [7, 11) is 0. The van der Waals surface area contributed by atoms with Crippen LogP contribution in [0.25, 0.3) is 0 Å². The van der Waals surface area contributed by atoms with Crippen LogP contribution in [0.3, 0.4) is 0 Å². The molecule has 158 valence electrons. The van der Waals surface area contributed by atoms with Crippen molar-refractivity contribution in [2.45, 2.75) is 38.0 Å². The van der Waals surface area contributed by atoms with Crippen molar-refractivity contribution >= 4 is 11.8 Å². The van der Waals surface area contributed by atoms with Crippen molar-refractivity contribution in [2.75, 3.05) is 26.2 Å². The molecule has 1 atom stereocenters. The van der Waals surface area contributed by atoms with Gasteiger partial charge in [0.25, 0.3) is 0 Å². The number of amides is 2. The first kappa shape index (κ1) is 20.6. The molecule has 6 heteroatoms. The van der Waals surface area contributed by atoms with Crippen molar-refractivity contribution < 1.29 is 14.3 Å². The second kappa shape index (κ2) is 9.87. The summed E-state index contributed by atoms with van der Waals surface area (Å²) in [6.45, 7) is 3.68. The number of fused-ring (bicyclic) bond motifs is 1. The van der Waals surface area contributed by atoms with E-state index >= 15 is 0 Å². The Morgan fingerprint density at radius 3 is 2.50 bits per heavy atom. The third-order valence-electron chi connectivity index (χ3n) is 5.92. The topological polar surface area (TPSA) is 70.7 Å². The number of likely N-dealkylation sites (tertiary alicyclic amines) is 1. The smallest absolute Gasteiger partial charge is 0.309 e. The van der Waals surface area contributed by atoms with Gasteiger partial charge in [-0.05, 0) is 36.0 Å². The summed E-state index contributed by atoms with van der Waals surface area (Å²) in [4.78, 5) is 27.0. The molecule has 2 aromatic rings. The van der Waals surface area contributed by atoms with Gasteiger partial charge in [-0.2, -0.15) is 0 Å². The summed E-state index contributed by atoms with van der Waals surface area (Å²) < 4.78 is 5.79. The van der Waals surface area contributed by atoms with Crippen molar-refractivity contribution in [1.29, 1.82) is 0 Å². The number of hydrogen-bond acceptors (Lipinski definition) is 4. The molecule has 2 N–H and O–H groups in total. The highest BCUT2D eigenvalue weighted by molar-refractivity contribution is 6.35. The summed E-state index contributed by atoms with van der Waals surface area (Å²) >= 11 is 0. The first-order valence-electron chi connectivity index (χ1n) is 10.7. The van der Waals surface area contributed by atoms with Gasteiger partial charge in [-0.3, -0.25) is 14.5 Å². The van der Waals surface area contributed by atoms with Crippen LogP contribution in [0.1, 0.15) is 35.6 Å². The van der Waals surface area contributed by atoms with Gasteiger partial charge in [-0.15, -0.1) is 0 Å². The van der Waals surface area contributed by atoms with Crippen LogP contribution in [0.2, 0.25) is 0 Å². The molecule has 0 radical (unpaired) electrons. The van der Waals surface area contributed by atoms with Gasteiger partial charge in [0.15, 0.2) is 0 Å². The Balaban J connectivity index is 1.20. The highest BCUT2D eigenvalue weighted by Gasteiger charge is 2.25. The van der Waals surface area contributed by atoms with Crippen LogP contribution in [-0.4, -0.2) is 49.0 Å². The maximum Gasteiger partial charge on any atom is 0.309 e. The number of ether oxygens (including phenoxy) is 1. The van der Waals surface area contributed by atoms with E-state index in [4.69, 9.17) is 4.74 Å². The van der Waals surface area contributed by atoms with Gasteiger partial charge in [-0.25, -0.2) is 0 Å². The predicted octanol–water partition coefficient (Wildman–Crippen LogP) is 2.20. The van der Waals surface area contributed by atoms with Crippen LogP contribution in [-0.2, 0) is 27.3 Å². The fourth-order valence-electron chi connectivity index (χ4n) is 4.24. The number of nitrogens with one attached hydrogen (secondary N) is 2. The molecular formula is C24H29N3O3. The third-order valence-corrected chi connectivity index (χ3v) is 5.92. The quantitative estimate of drug-likeness (QED) is 0.746. The second-order valence-corrected chi connectivity index (χ2v) is 8.03. The Kier molecular flexibility index (Phi) is 6.77. The lowest BCUT2D eigenvalue weighted by molar-refractivity contribution is -0.140. The van der Waals surface area contributed by atoms with Crippen molar-refractivity contribution in [3.05, 3.63) is 71.3 Å². The average Bonchev–Trinajstić information content (AvgIpc) is 2.79. The van der Waals surface area contributed by atoms with E-state index in [9.17, 15) is 9.59 Å². The summed E-state index contributed by atoms with van der Waals surface area (Å²) in [5.41, 5.74) is 3.64. The molecule has 0 spiro atoms. The lowest BCUT2D eigenvalue weighted by atomic mass is 9.97. The van der Waals surface area contributed by atoms with E-state index in [1.54, 1.807) is 0 Å². The Hall–Kier alpha value is -2.70. The summed E-state index contributed by atoms with van der Waals surface area (Å²) in [6, 6.07) is 18.5. The van der Waals surface area contributed by atoms with Crippen molar-refractivity contribution in [3.8, 4) is 0 Å². The number of carbonyl (C=O) groups excluding carboxylic acids is 2. The average molecular weight is 408 g/mol. The van der Waals surface area contributed by atoms with Gasteiger partial charge in [0.1, 0.15) is 6.10 Å². The van der Waals surface area contributed by atoms with Crippen molar-refractivity contribution in [1.82, 2.24) is 15.5 Å². The zero-order valence-corrected chi connectivity index (χ0v) is 17.2. The largest absolute Gasteiger partial charge is 0.371 e. The summed E-state index contributed by atoms with van der Waals surface area (Å²) in [5.74, 6) is -1.14. The number of carbonyl (C=O) groups is 2. The fourth-order valence-corrected chi connectivity index (χ4v) is 4.24. The Bertz CT molecular complexity index is 863. The molecule has 0 saturated carbocycles. The maximum absolute atomic E-state index is 12.3. The number of nitrogens with zero attached hydrogens (tertiary/aromatic N) is 1. The molecule has 2 heterocycles. The molecule has 2 aliphatic rings. The molecule has 2 amide bonds. The van der Waals surface area contributed by atoms with Crippen LogP contribution in [0.4, 0.5) is 0 Å². The van der Waals surface area contributed by atoms with E-state index in [1.807, 2.05) is 24.3 Å². The van der Waals surface area contributed by atoms with Gasteiger partial charge in [-0.1, -0.05) is 54.6 Å². The van der Waals surface area contributed by atoms with Gasteiger partial charge in [0.05, 0.1) is 6.61 Å². The summed E-state index contributed by atoms with van der Waals surface area (Å²) in [5, 5.41) is 5.63. The number of rotatable bonds is 5. The Morgan fingerprint density at radius 1 is 0.967 bits per heavy atom.